The molecule has 0 amide bonds. The summed E-state index contributed by atoms with van der Waals surface area (Å²) in [6, 6.07) is -0.665. The van der Waals surface area contributed by atoms with Crippen LogP contribution in [0.5, 0.6) is 0 Å². The van der Waals surface area contributed by atoms with E-state index in [-0.39, 0.29) is 44.8 Å². The molecule has 3 aliphatic heterocycles. The summed E-state index contributed by atoms with van der Waals surface area (Å²) in [4.78, 5) is 14.2. The zero-order valence-electron chi connectivity index (χ0n) is 35.3. The van der Waals surface area contributed by atoms with Crippen molar-refractivity contribution < 1.29 is 71.5 Å². The third kappa shape index (κ3) is 11.7. The maximum Gasteiger partial charge on any atom is 0.428 e. The fraction of sp³-hybridized carbons (Fsp3) is 0.974. The highest BCUT2D eigenvalue weighted by Crippen LogP contribution is 2.41. The molecule has 0 aliphatic carbocycles. The van der Waals surface area contributed by atoms with Crippen LogP contribution in [0.25, 0.3) is 0 Å². The summed E-state index contributed by atoms with van der Waals surface area (Å²) in [5.74, 6) is -3.49. The van der Waals surface area contributed by atoms with Crippen molar-refractivity contribution in [2.75, 3.05) is 27.3 Å². The third-order valence-corrected chi connectivity index (χ3v) is 12.3. The number of rotatable bonds is 10. The van der Waals surface area contributed by atoms with E-state index in [2.05, 4.69) is 10.6 Å². The van der Waals surface area contributed by atoms with Gasteiger partial charge in [0.05, 0.1) is 48.1 Å². The topological polar surface area (TPSA) is 187 Å². The third-order valence-electron chi connectivity index (χ3n) is 12.3. The fourth-order valence-electron chi connectivity index (χ4n) is 8.79. The normalized spacial score (nSPS) is 46.0. The number of esters is 1. The molecule has 330 valence electrons. The number of ether oxygens (including phenoxy) is 7. The van der Waals surface area contributed by atoms with Crippen LogP contribution < -0.4 is 10.6 Å². The van der Waals surface area contributed by atoms with Gasteiger partial charge in [0.25, 0.3) is 0 Å². The van der Waals surface area contributed by atoms with E-state index >= 15 is 0 Å². The number of nitrogens with one attached hydrogen (secondary N) is 2. The van der Waals surface area contributed by atoms with Gasteiger partial charge in [0, 0.05) is 31.4 Å². The average Bonchev–Trinajstić information content (AvgIpc) is 3.11. The van der Waals surface area contributed by atoms with Crippen LogP contribution in [-0.4, -0.2) is 144 Å². The van der Waals surface area contributed by atoms with Crippen molar-refractivity contribution in [3.63, 3.8) is 0 Å². The lowest BCUT2D eigenvalue weighted by Crippen LogP contribution is -2.59. The van der Waals surface area contributed by atoms with Crippen LogP contribution >= 0.6 is 0 Å². The van der Waals surface area contributed by atoms with Gasteiger partial charge in [-0.2, -0.15) is 13.2 Å². The zero-order chi connectivity index (χ0) is 42.6. The number of halogens is 3. The van der Waals surface area contributed by atoms with Gasteiger partial charge in [0.2, 0.25) is 6.23 Å². The summed E-state index contributed by atoms with van der Waals surface area (Å²) in [5.41, 5.74) is -4.49. The standard InChI is InChI=1S/C39H71F3N2O12/c1-13-28-38(10,49)31(46)24(6)44-18-20(2)16-36(8,48)32(56-34-27(15-14-21(3)51-34)53-35(43-11)39(40,41)42)22(4)30(23(5)33(47)54-28)55-29-17-37(9,50-12)26(19-45)25(7)52-29/h20-32,34-35,43-46,48-49H,13-19H2,1-12H3/t20-,21-,22+,23-,24-,25+,26?,27-,28-,29+,30+,31-,32-,34+,35?,36-,37-,38-/m1/s1. The molecule has 6 N–H and O–H groups in total. The van der Waals surface area contributed by atoms with Gasteiger partial charge in [-0.05, 0) is 93.7 Å². The van der Waals surface area contributed by atoms with E-state index in [9.17, 15) is 38.4 Å². The van der Waals surface area contributed by atoms with E-state index < -0.39 is 114 Å². The average molecular weight is 817 g/mol. The van der Waals surface area contributed by atoms with Gasteiger partial charge >= 0.3 is 12.1 Å². The van der Waals surface area contributed by atoms with Gasteiger partial charge in [-0.1, -0.05) is 20.8 Å². The number of aliphatic hydroxyl groups is 4. The largest absolute Gasteiger partial charge is 0.459 e. The number of hydrogen-bond acceptors (Lipinski definition) is 14. The first kappa shape index (κ1) is 49.1. The van der Waals surface area contributed by atoms with Crippen LogP contribution in [0, 0.1) is 23.7 Å². The summed E-state index contributed by atoms with van der Waals surface area (Å²) in [7, 11) is 2.66. The highest BCUT2D eigenvalue weighted by Gasteiger charge is 2.53. The number of carbonyl (C=O) groups is 1. The SMILES string of the molecule is CC[C@H]1OC(=O)[C@H](C)[C@@H](O[C@H]2C[C@@](C)(OC)C(CO)[C@H](C)O2)[C@H](C)[C@@H](O[C@@H]2O[C@H](C)CC[C@H]2OC(NC)C(F)(F)F)[C@](C)(O)C[C@@H](C)CN[C@H](C)[C@@H](O)[C@]1(C)O. The molecule has 0 bridgehead atoms. The van der Waals surface area contributed by atoms with Gasteiger partial charge in [-0.3, -0.25) is 10.1 Å². The molecule has 2 unspecified atom stereocenters. The van der Waals surface area contributed by atoms with Crippen LogP contribution in [0.1, 0.15) is 101 Å². The number of alkyl halides is 3. The Morgan fingerprint density at radius 2 is 1.66 bits per heavy atom. The van der Waals surface area contributed by atoms with Crippen LogP contribution in [-0.2, 0) is 38.0 Å². The molecule has 0 spiro atoms. The first-order valence-corrected chi connectivity index (χ1v) is 20.1. The van der Waals surface area contributed by atoms with Crippen molar-refractivity contribution in [3.05, 3.63) is 0 Å². The van der Waals surface area contributed by atoms with Crippen molar-refractivity contribution >= 4 is 5.97 Å². The Kier molecular flexibility index (Phi) is 17.5. The Morgan fingerprint density at radius 3 is 2.21 bits per heavy atom. The second kappa shape index (κ2) is 19.9. The lowest BCUT2D eigenvalue weighted by atomic mass is 9.77. The minimum absolute atomic E-state index is 0.0870. The highest BCUT2D eigenvalue weighted by atomic mass is 19.4. The molecular weight excluding hydrogens is 745 g/mol. The van der Waals surface area contributed by atoms with E-state index in [1.54, 1.807) is 48.5 Å². The van der Waals surface area contributed by atoms with Gasteiger partial charge < -0.3 is 58.9 Å². The molecule has 3 aliphatic rings. The van der Waals surface area contributed by atoms with E-state index in [4.69, 9.17) is 33.2 Å². The van der Waals surface area contributed by atoms with Crippen molar-refractivity contribution in [3.8, 4) is 0 Å². The molecule has 56 heavy (non-hydrogen) atoms. The first-order chi connectivity index (χ1) is 25.9. The smallest absolute Gasteiger partial charge is 0.428 e. The molecule has 14 nitrogen and oxygen atoms in total. The fourth-order valence-corrected chi connectivity index (χ4v) is 8.79. The quantitative estimate of drug-likeness (QED) is 0.139. The van der Waals surface area contributed by atoms with Crippen LogP contribution in [0.2, 0.25) is 0 Å². The molecule has 0 aromatic rings. The summed E-state index contributed by atoms with van der Waals surface area (Å²) < 4.78 is 84.9. The lowest BCUT2D eigenvalue weighted by molar-refractivity contribution is -0.329. The van der Waals surface area contributed by atoms with E-state index in [1.807, 2.05) is 13.8 Å². The van der Waals surface area contributed by atoms with Crippen LogP contribution in [0.4, 0.5) is 13.2 Å². The Balaban J connectivity index is 2.18. The molecule has 0 aromatic heterocycles. The maximum absolute atomic E-state index is 14.2. The van der Waals surface area contributed by atoms with Gasteiger partial charge in [0.15, 0.2) is 12.6 Å². The minimum atomic E-state index is -4.74. The summed E-state index contributed by atoms with van der Waals surface area (Å²) in [6.07, 6.45) is -15.5. The molecular formula is C39H71F3N2O12. The molecule has 0 aromatic carbocycles. The van der Waals surface area contributed by atoms with Crippen LogP contribution in [0.15, 0.2) is 0 Å². The number of cyclic esters (lactones) is 1. The number of methoxy groups -OCH3 is 1. The minimum Gasteiger partial charge on any atom is -0.459 e. The van der Waals surface area contributed by atoms with Crippen molar-refractivity contribution in [2.45, 2.75) is 192 Å². The summed E-state index contributed by atoms with van der Waals surface area (Å²) in [5, 5.41) is 51.0. The molecule has 17 heteroatoms. The van der Waals surface area contributed by atoms with E-state index in [0.717, 1.165) is 7.05 Å². The Bertz CT molecular complexity index is 1230. The first-order valence-electron chi connectivity index (χ1n) is 20.1. The number of carbonyl (C=O) groups excluding carboxylic acids is 1. The molecule has 3 rings (SSSR count). The highest BCUT2D eigenvalue weighted by molar-refractivity contribution is 5.73. The van der Waals surface area contributed by atoms with Crippen molar-refractivity contribution in [2.24, 2.45) is 23.7 Å². The van der Waals surface area contributed by atoms with Gasteiger partial charge in [-0.25, -0.2) is 0 Å². The second-order valence-electron chi connectivity index (χ2n) is 17.2. The summed E-state index contributed by atoms with van der Waals surface area (Å²) in [6.45, 7) is 17.0. The van der Waals surface area contributed by atoms with Gasteiger partial charge in [-0.15, -0.1) is 0 Å². The molecule has 0 radical (unpaired) electrons. The molecule has 3 fully saturated rings. The van der Waals surface area contributed by atoms with E-state index in [1.165, 1.54) is 14.0 Å². The van der Waals surface area contributed by atoms with Crippen molar-refractivity contribution in [1.29, 1.82) is 0 Å². The molecule has 3 saturated heterocycles. The summed E-state index contributed by atoms with van der Waals surface area (Å²) >= 11 is 0. The maximum atomic E-state index is 14.2. The van der Waals surface area contributed by atoms with Crippen LogP contribution in [0.3, 0.4) is 0 Å². The Labute approximate surface area is 330 Å². The van der Waals surface area contributed by atoms with E-state index in [0.29, 0.717) is 6.42 Å². The molecule has 0 saturated carbocycles. The van der Waals surface area contributed by atoms with Crippen molar-refractivity contribution in [1.82, 2.24) is 10.6 Å². The number of hydrogen-bond donors (Lipinski definition) is 6. The Morgan fingerprint density at radius 1 is 1.02 bits per heavy atom. The zero-order valence-corrected chi connectivity index (χ0v) is 35.3. The van der Waals surface area contributed by atoms with Gasteiger partial charge in [0.1, 0.15) is 23.9 Å². The predicted molar refractivity (Wildman–Crippen MR) is 199 cm³/mol. The second-order valence-corrected chi connectivity index (χ2v) is 17.2. The Hall–Kier alpha value is -1.22. The molecule has 3 heterocycles. The molecule has 18 atom stereocenters. The predicted octanol–water partition coefficient (Wildman–Crippen LogP) is 3.40. The monoisotopic (exact) mass is 816 g/mol. The lowest BCUT2D eigenvalue weighted by Gasteiger charge is -2.49. The number of aliphatic hydroxyl groups excluding tert-OH is 2.